The van der Waals surface area contributed by atoms with Crippen LogP contribution in [0.25, 0.3) is 22.3 Å². The number of ether oxygens (including phenoxy) is 5. The molecule has 2 aliphatic rings. The molecule has 1 unspecified atom stereocenters. The quantitative estimate of drug-likeness (QED) is 0.0750. The Labute approximate surface area is 295 Å². The molecule has 2 amide bonds. The molecule has 5 rings (SSSR count). The second-order valence-electron chi connectivity index (χ2n) is 13.4. The van der Waals surface area contributed by atoms with Gasteiger partial charge in [-0.25, -0.2) is 24.2 Å². The fraction of sp³-hybridized carbons (Fsp3) is 0.459. The Morgan fingerprint density at radius 1 is 1.06 bits per heavy atom. The van der Waals surface area contributed by atoms with Gasteiger partial charge in [0.1, 0.15) is 24.6 Å². The molecule has 0 radical (unpaired) electrons. The van der Waals surface area contributed by atoms with Crippen molar-refractivity contribution in [1.29, 1.82) is 0 Å². The molecule has 0 fully saturated rings. The Morgan fingerprint density at radius 3 is 2.41 bits per heavy atom. The number of rotatable bonds is 9. The van der Waals surface area contributed by atoms with Gasteiger partial charge in [-0.1, -0.05) is 13.8 Å². The van der Waals surface area contributed by atoms with Crippen LogP contribution < -0.4 is 10.3 Å². The van der Waals surface area contributed by atoms with E-state index in [2.05, 4.69) is 5.92 Å². The molecule has 1 aromatic carbocycles. The number of likely N-dealkylation sites (N-methyl/N-ethyl adjacent to an activating group) is 2. The van der Waals surface area contributed by atoms with Gasteiger partial charge < -0.3 is 38.1 Å². The maximum Gasteiger partial charge on any atom is 0.514 e. The number of fused-ring (bicyclic) bond motifs is 5. The molecule has 14 nitrogen and oxygen atoms in total. The van der Waals surface area contributed by atoms with Crippen LogP contribution >= 0.6 is 0 Å². The Balaban J connectivity index is 1.47. The largest absolute Gasteiger partial charge is 0.514 e. The summed E-state index contributed by atoms with van der Waals surface area (Å²) in [5.74, 6) is 1.88. The number of hydrogen-bond acceptors (Lipinski definition) is 11. The minimum atomic E-state index is -1.91. The van der Waals surface area contributed by atoms with Crippen LogP contribution in [0.1, 0.15) is 69.7 Å². The molecule has 51 heavy (non-hydrogen) atoms. The van der Waals surface area contributed by atoms with Gasteiger partial charge in [0, 0.05) is 50.1 Å². The van der Waals surface area contributed by atoms with Crippen molar-refractivity contribution in [3.05, 3.63) is 56.9 Å². The van der Waals surface area contributed by atoms with Crippen LogP contribution in [0, 0.1) is 12.3 Å². The van der Waals surface area contributed by atoms with Crippen molar-refractivity contribution in [2.75, 3.05) is 33.8 Å². The van der Waals surface area contributed by atoms with E-state index < -0.39 is 35.5 Å². The maximum absolute atomic E-state index is 14.1. The van der Waals surface area contributed by atoms with Crippen molar-refractivity contribution >= 4 is 35.2 Å². The van der Waals surface area contributed by atoms with Crippen LogP contribution in [0.2, 0.25) is 0 Å². The molecule has 3 aromatic rings. The standard InChI is InChI=1S/C37H42N4O10/c1-9-12-17-47-33(44)39(7)15-16-40(8)34(45)50-37(11-3)27-19-29-30-25(20-41(29)31(42)26(27)21-48-32(37)43)23(10-2)24-18-22(13-14-28(24)38-30)49-35(46)51-36(4,5)6/h1,13-14,18-19H,10-12,15-17,20-21H2,2-8H3. The number of amides is 2. The van der Waals surface area contributed by atoms with Crippen molar-refractivity contribution in [1.82, 2.24) is 19.4 Å². The second-order valence-corrected chi connectivity index (χ2v) is 13.4. The third kappa shape index (κ3) is 7.19. The van der Waals surface area contributed by atoms with Crippen LogP contribution in [0.5, 0.6) is 5.75 Å². The summed E-state index contributed by atoms with van der Waals surface area (Å²) in [6.07, 6.45) is 3.77. The van der Waals surface area contributed by atoms with Crippen LogP contribution in [-0.2, 0) is 48.9 Å². The molecule has 0 N–H and O–H groups in total. The molecule has 0 bridgehead atoms. The molecule has 0 aliphatic carbocycles. The second kappa shape index (κ2) is 14.3. The Morgan fingerprint density at radius 2 is 1.76 bits per heavy atom. The first-order valence-electron chi connectivity index (χ1n) is 16.7. The van der Waals surface area contributed by atoms with Crippen LogP contribution in [0.15, 0.2) is 29.1 Å². The van der Waals surface area contributed by atoms with E-state index in [4.69, 9.17) is 35.1 Å². The molecule has 14 heteroatoms. The molecule has 270 valence electrons. The third-order valence-electron chi connectivity index (χ3n) is 8.82. The highest BCUT2D eigenvalue weighted by Gasteiger charge is 2.51. The number of carbonyl (C=O) groups excluding carboxylic acids is 4. The van der Waals surface area contributed by atoms with E-state index in [9.17, 15) is 24.0 Å². The van der Waals surface area contributed by atoms with Crippen LogP contribution in [0.3, 0.4) is 0 Å². The smallest absolute Gasteiger partial charge is 0.457 e. The summed E-state index contributed by atoms with van der Waals surface area (Å²) >= 11 is 0. The highest BCUT2D eigenvalue weighted by molar-refractivity contribution is 5.91. The average molecular weight is 703 g/mol. The third-order valence-corrected chi connectivity index (χ3v) is 8.82. The first-order valence-corrected chi connectivity index (χ1v) is 16.7. The lowest BCUT2D eigenvalue weighted by molar-refractivity contribution is -0.173. The zero-order chi connectivity index (χ0) is 37.2. The van der Waals surface area contributed by atoms with Gasteiger partial charge in [0.15, 0.2) is 0 Å². The normalized spacial score (nSPS) is 15.8. The van der Waals surface area contributed by atoms with E-state index in [0.717, 1.165) is 16.5 Å². The molecule has 0 spiro atoms. The zero-order valence-electron chi connectivity index (χ0n) is 29.9. The average Bonchev–Trinajstić information content (AvgIpc) is 3.44. The summed E-state index contributed by atoms with van der Waals surface area (Å²) in [5.41, 5.74) is 0.792. The summed E-state index contributed by atoms with van der Waals surface area (Å²) in [4.78, 5) is 73.0. The minimum Gasteiger partial charge on any atom is -0.457 e. The monoisotopic (exact) mass is 702 g/mol. The highest BCUT2D eigenvalue weighted by Crippen LogP contribution is 2.42. The lowest BCUT2D eigenvalue weighted by Gasteiger charge is -2.36. The maximum atomic E-state index is 14.1. The number of nitrogens with zero attached hydrogens (tertiary/aromatic N) is 4. The van der Waals surface area contributed by atoms with E-state index in [1.54, 1.807) is 56.5 Å². The molecule has 2 aromatic heterocycles. The number of carbonyl (C=O) groups is 4. The van der Waals surface area contributed by atoms with Crippen molar-refractivity contribution in [2.45, 2.75) is 78.2 Å². The molecular weight excluding hydrogens is 660 g/mol. The van der Waals surface area contributed by atoms with Gasteiger partial charge in [-0.05, 0) is 63.4 Å². The number of esters is 1. The fourth-order valence-electron chi connectivity index (χ4n) is 6.15. The number of hydrogen-bond donors (Lipinski definition) is 0. The van der Waals surface area contributed by atoms with Crippen LogP contribution in [0.4, 0.5) is 14.4 Å². The highest BCUT2D eigenvalue weighted by atomic mass is 16.7. The van der Waals surface area contributed by atoms with Gasteiger partial charge in [-0.3, -0.25) is 4.79 Å². The van der Waals surface area contributed by atoms with E-state index in [0.29, 0.717) is 23.3 Å². The van der Waals surface area contributed by atoms with Crippen molar-refractivity contribution in [3.63, 3.8) is 0 Å². The molecule has 0 saturated heterocycles. The van der Waals surface area contributed by atoms with Crippen molar-refractivity contribution < 1.29 is 42.9 Å². The molecule has 1 atom stereocenters. The summed E-state index contributed by atoms with van der Waals surface area (Å²) in [5, 5.41) is 0.757. The van der Waals surface area contributed by atoms with Crippen molar-refractivity contribution in [3.8, 4) is 29.5 Å². The van der Waals surface area contributed by atoms with Gasteiger partial charge in [-0.2, -0.15) is 0 Å². The number of terminal acetylenes is 1. The first-order chi connectivity index (χ1) is 24.1. The van der Waals surface area contributed by atoms with Crippen molar-refractivity contribution in [2.24, 2.45) is 0 Å². The van der Waals surface area contributed by atoms with Gasteiger partial charge in [0.25, 0.3) is 5.56 Å². The van der Waals surface area contributed by atoms with E-state index in [1.165, 1.54) is 23.9 Å². The summed E-state index contributed by atoms with van der Waals surface area (Å²) < 4.78 is 28.8. The zero-order valence-corrected chi connectivity index (χ0v) is 29.9. The van der Waals surface area contributed by atoms with E-state index in [-0.39, 0.29) is 68.1 Å². The number of cyclic esters (lactones) is 1. The van der Waals surface area contributed by atoms with Crippen LogP contribution in [-0.4, -0.2) is 83.1 Å². The van der Waals surface area contributed by atoms with E-state index >= 15 is 0 Å². The predicted molar refractivity (Wildman–Crippen MR) is 185 cm³/mol. The lowest BCUT2D eigenvalue weighted by atomic mass is 9.85. The topological polar surface area (TPSA) is 156 Å². The Bertz CT molecular complexity index is 2010. The molecule has 2 aliphatic heterocycles. The molecule has 0 saturated carbocycles. The summed E-state index contributed by atoms with van der Waals surface area (Å²) in [7, 11) is 2.99. The number of aryl methyl sites for hydroxylation is 1. The van der Waals surface area contributed by atoms with Gasteiger partial charge in [-0.15, -0.1) is 12.3 Å². The van der Waals surface area contributed by atoms with Gasteiger partial charge in [0.2, 0.25) is 5.60 Å². The summed E-state index contributed by atoms with van der Waals surface area (Å²) in [6.45, 7) is 9.06. The van der Waals surface area contributed by atoms with Gasteiger partial charge >= 0.3 is 24.3 Å². The number of aromatic nitrogens is 2. The number of benzene rings is 1. The molecule has 4 heterocycles. The SMILES string of the molecule is C#CCCOC(=O)N(C)CCN(C)C(=O)OC1(CC)C(=O)OCc2c1cc1n(c2=O)Cc2c-1nc1ccc(OC(=O)OC(C)(C)C)cc1c2CC. The Kier molecular flexibility index (Phi) is 10.3. The van der Waals surface area contributed by atoms with E-state index in [1.807, 2.05) is 6.92 Å². The Hall–Kier alpha value is -5.58. The molecular formula is C37H42N4O10. The first kappa shape index (κ1) is 36.7. The lowest BCUT2D eigenvalue weighted by Crippen LogP contribution is -2.49. The fourth-order valence-corrected chi connectivity index (χ4v) is 6.15. The van der Waals surface area contributed by atoms with Gasteiger partial charge in [0.05, 0.1) is 29.0 Å². The summed E-state index contributed by atoms with van der Waals surface area (Å²) in [6, 6.07) is 6.77. The number of pyridine rings is 2. The predicted octanol–water partition coefficient (Wildman–Crippen LogP) is 5.12. The minimum absolute atomic E-state index is 0.0125.